The SMILES string of the molecule is O=C([O-])CNC(=O)CNC(=O)OCCCCCn1cnc2c(=O)[nH]cnc21.[Na+]. The summed E-state index contributed by atoms with van der Waals surface area (Å²) < 4.78 is 6.69. The number of aromatic nitrogens is 4. The minimum absolute atomic E-state index is 0. The maximum absolute atomic E-state index is 11.6. The molecule has 0 saturated carbocycles. The van der Waals surface area contributed by atoms with Crippen molar-refractivity contribution in [3.8, 4) is 0 Å². The molecule has 12 nitrogen and oxygen atoms in total. The average molecular weight is 402 g/mol. The van der Waals surface area contributed by atoms with Crippen molar-refractivity contribution in [2.75, 3.05) is 19.7 Å². The molecule has 0 aromatic carbocycles. The number of aromatic amines is 1. The number of fused-ring (bicyclic) bond motifs is 1. The first-order valence-corrected chi connectivity index (χ1v) is 8.23. The molecule has 2 aromatic heterocycles. The minimum atomic E-state index is -1.42. The van der Waals surface area contributed by atoms with Gasteiger partial charge in [0.1, 0.15) is 6.54 Å². The molecule has 0 radical (unpaired) electrons. The Morgan fingerprint density at radius 3 is 2.68 bits per heavy atom. The topological polar surface area (TPSA) is 171 Å². The molecule has 2 aromatic rings. The molecule has 2 amide bonds. The normalized spacial score (nSPS) is 10.1. The van der Waals surface area contributed by atoms with E-state index in [0.717, 1.165) is 12.8 Å². The third-order valence-electron chi connectivity index (χ3n) is 3.51. The molecular formula is C15H19N6NaO6. The number of hydrogen-bond donors (Lipinski definition) is 3. The van der Waals surface area contributed by atoms with E-state index in [1.807, 2.05) is 5.32 Å². The van der Waals surface area contributed by atoms with Gasteiger partial charge in [0.25, 0.3) is 5.56 Å². The summed E-state index contributed by atoms with van der Waals surface area (Å²) in [6.07, 6.45) is 4.28. The van der Waals surface area contributed by atoms with Crippen LogP contribution in [0, 0.1) is 0 Å². The summed E-state index contributed by atoms with van der Waals surface area (Å²) in [5, 5.41) is 14.4. The third kappa shape index (κ3) is 7.66. The zero-order chi connectivity index (χ0) is 19.6. The number of ether oxygens (including phenoxy) is 1. The predicted molar refractivity (Wildman–Crippen MR) is 89.4 cm³/mol. The summed E-state index contributed by atoms with van der Waals surface area (Å²) in [7, 11) is 0. The molecular weight excluding hydrogens is 383 g/mol. The van der Waals surface area contributed by atoms with Crippen molar-refractivity contribution in [2.45, 2.75) is 25.8 Å². The first kappa shape index (κ1) is 23.6. The van der Waals surface area contributed by atoms with E-state index in [4.69, 9.17) is 4.74 Å². The van der Waals surface area contributed by atoms with Gasteiger partial charge in [-0.25, -0.2) is 14.8 Å². The number of alkyl carbamates (subject to hydrolysis) is 1. The largest absolute Gasteiger partial charge is 1.00 e. The van der Waals surface area contributed by atoms with Gasteiger partial charge in [-0.15, -0.1) is 0 Å². The molecule has 28 heavy (non-hydrogen) atoms. The number of carboxylic acid groups (broad SMARTS) is 1. The van der Waals surface area contributed by atoms with Crippen molar-refractivity contribution in [3.63, 3.8) is 0 Å². The fourth-order valence-electron chi connectivity index (χ4n) is 2.22. The molecule has 2 heterocycles. The second-order valence-corrected chi connectivity index (χ2v) is 5.54. The molecule has 2 rings (SSSR count). The standard InChI is InChI=1S/C15H20N6O6.Na/c22-10(16-7-11(23)24)6-17-15(26)27-5-3-1-2-4-21-9-20-12-13(21)18-8-19-14(12)25;/h8-9H,1-7H2,(H,16,22)(H,17,26)(H,23,24)(H,18,19,25);/q;+1/p-1. The number of amides is 2. The number of rotatable bonds is 10. The van der Waals surface area contributed by atoms with Crippen LogP contribution in [-0.2, 0) is 20.9 Å². The molecule has 146 valence electrons. The molecule has 0 unspecified atom stereocenters. The summed E-state index contributed by atoms with van der Waals surface area (Å²) in [4.78, 5) is 54.9. The van der Waals surface area contributed by atoms with E-state index in [-0.39, 0.29) is 48.3 Å². The van der Waals surface area contributed by atoms with Gasteiger partial charge in [-0.1, -0.05) is 0 Å². The second-order valence-electron chi connectivity index (χ2n) is 5.54. The van der Waals surface area contributed by atoms with Crippen molar-refractivity contribution in [1.29, 1.82) is 0 Å². The van der Waals surface area contributed by atoms with Crippen molar-refractivity contribution >= 4 is 29.1 Å². The Kier molecular flexibility index (Phi) is 10.2. The number of carboxylic acids is 1. The zero-order valence-corrected chi connectivity index (χ0v) is 17.4. The van der Waals surface area contributed by atoms with Crippen LogP contribution in [0.25, 0.3) is 11.2 Å². The molecule has 0 bridgehead atoms. The Morgan fingerprint density at radius 1 is 1.14 bits per heavy atom. The van der Waals surface area contributed by atoms with E-state index < -0.39 is 24.5 Å². The average Bonchev–Trinajstić information content (AvgIpc) is 3.05. The van der Waals surface area contributed by atoms with Crippen molar-refractivity contribution in [3.05, 3.63) is 23.0 Å². The van der Waals surface area contributed by atoms with Crippen molar-refractivity contribution in [2.24, 2.45) is 0 Å². The van der Waals surface area contributed by atoms with E-state index >= 15 is 0 Å². The van der Waals surface area contributed by atoms with Crippen LogP contribution in [0.1, 0.15) is 19.3 Å². The summed E-state index contributed by atoms with van der Waals surface area (Å²) >= 11 is 0. The van der Waals surface area contributed by atoms with Crippen molar-refractivity contribution in [1.82, 2.24) is 30.2 Å². The molecule has 3 N–H and O–H groups in total. The summed E-state index contributed by atoms with van der Waals surface area (Å²) in [5.74, 6) is -2.08. The van der Waals surface area contributed by atoms with Gasteiger partial charge in [0.15, 0.2) is 11.2 Å². The molecule has 0 aliphatic rings. The predicted octanol–water partition coefficient (Wildman–Crippen LogP) is -5.11. The smallest absolute Gasteiger partial charge is 0.548 e. The van der Waals surface area contributed by atoms with Gasteiger partial charge < -0.3 is 34.8 Å². The van der Waals surface area contributed by atoms with E-state index in [1.54, 1.807) is 10.9 Å². The van der Waals surface area contributed by atoms with Crippen LogP contribution in [0.5, 0.6) is 0 Å². The maximum atomic E-state index is 11.6. The van der Waals surface area contributed by atoms with Crippen LogP contribution in [0.3, 0.4) is 0 Å². The van der Waals surface area contributed by atoms with Gasteiger partial charge in [0, 0.05) is 6.54 Å². The fraction of sp³-hybridized carbons (Fsp3) is 0.467. The number of hydrogen-bond acceptors (Lipinski definition) is 8. The number of aryl methyl sites for hydroxylation is 1. The summed E-state index contributed by atoms with van der Waals surface area (Å²) in [6, 6.07) is 0. The molecule has 0 fully saturated rings. The van der Waals surface area contributed by atoms with Crippen LogP contribution in [0.4, 0.5) is 4.79 Å². The minimum Gasteiger partial charge on any atom is -0.548 e. The van der Waals surface area contributed by atoms with Gasteiger partial charge in [0.05, 0.1) is 31.8 Å². The number of nitrogens with one attached hydrogen (secondary N) is 3. The van der Waals surface area contributed by atoms with Crippen molar-refractivity contribution < 1.29 is 53.8 Å². The number of aliphatic carboxylic acids is 1. The Bertz CT molecular complexity index is 866. The van der Waals surface area contributed by atoms with Crippen LogP contribution < -0.4 is 50.9 Å². The quantitative estimate of drug-likeness (QED) is 0.262. The molecule has 0 aliphatic carbocycles. The number of H-pyrrole nitrogens is 1. The first-order chi connectivity index (χ1) is 13.0. The third-order valence-corrected chi connectivity index (χ3v) is 3.51. The molecule has 0 spiro atoms. The Labute approximate surface area is 181 Å². The Morgan fingerprint density at radius 2 is 1.93 bits per heavy atom. The van der Waals surface area contributed by atoms with Crippen LogP contribution in [0.2, 0.25) is 0 Å². The van der Waals surface area contributed by atoms with Gasteiger partial charge in [-0.2, -0.15) is 0 Å². The molecule has 0 aliphatic heterocycles. The van der Waals surface area contributed by atoms with E-state index in [2.05, 4.69) is 20.3 Å². The number of imidazole rings is 1. The number of carbonyl (C=O) groups is 3. The Hall–Kier alpha value is -2.44. The van der Waals surface area contributed by atoms with Crippen LogP contribution in [0.15, 0.2) is 17.4 Å². The van der Waals surface area contributed by atoms with Gasteiger partial charge in [-0.3, -0.25) is 9.59 Å². The van der Waals surface area contributed by atoms with Gasteiger partial charge in [-0.05, 0) is 19.3 Å². The van der Waals surface area contributed by atoms with Crippen LogP contribution >= 0.6 is 0 Å². The second kappa shape index (κ2) is 12.1. The van der Waals surface area contributed by atoms with Gasteiger partial charge >= 0.3 is 35.7 Å². The summed E-state index contributed by atoms with van der Waals surface area (Å²) in [6.45, 7) is -0.204. The zero-order valence-electron chi connectivity index (χ0n) is 15.4. The van der Waals surface area contributed by atoms with E-state index in [9.17, 15) is 24.3 Å². The molecule has 0 atom stereocenters. The van der Waals surface area contributed by atoms with Crippen LogP contribution in [-0.4, -0.2) is 57.2 Å². The number of carbonyl (C=O) groups excluding carboxylic acids is 3. The van der Waals surface area contributed by atoms with E-state index in [1.165, 1.54) is 6.33 Å². The molecule has 0 saturated heterocycles. The maximum Gasteiger partial charge on any atom is 1.00 e. The molecule has 13 heteroatoms. The first-order valence-electron chi connectivity index (χ1n) is 8.23. The van der Waals surface area contributed by atoms with E-state index in [0.29, 0.717) is 24.1 Å². The fourth-order valence-corrected chi connectivity index (χ4v) is 2.22. The Balaban J connectivity index is 0.00000392. The summed E-state index contributed by atoms with van der Waals surface area (Å²) in [5.41, 5.74) is 0.527. The number of nitrogens with zero attached hydrogens (tertiary/aromatic N) is 3. The number of unbranched alkanes of at least 4 members (excludes halogenated alkanes) is 2. The monoisotopic (exact) mass is 402 g/mol. The van der Waals surface area contributed by atoms with Gasteiger partial charge in [0.2, 0.25) is 5.91 Å².